The highest BCUT2D eigenvalue weighted by Gasteiger charge is 2.31. The summed E-state index contributed by atoms with van der Waals surface area (Å²) in [7, 11) is 0. The molecular weight excluding hydrogens is 283 g/mol. The van der Waals surface area contributed by atoms with Crippen molar-refractivity contribution < 1.29 is 17.7 Å². The number of nitrogens with zero attached hydrogens (tertiary/aromatic N) is 2. The van der Waals surface area contributed by atoms with Crippen molar-refractivity contribution in [3.8, 4) is 0 Å². The highest BCUT2D eigenvalue weighted by atomic mass is 35.5. The van der Waals surface area contributed by atoms with Crippen molar-refractivity contribution in [3.63, 3.8) is 0 Å². The first kappa shape index (κ1) is 13.7. The standard InChI is InChI=1S/C11H9ClF3N3O/c1-6-2-8(18-19-6)5-16-10-4-7(11(13,14)15)3-9(12)17-10/h2-4H,5H2,1H3,(H,16,17). The molecule has 0 amide bonds. The molecular formula is C11H9ClF3N3O. The predicted molar refractivity (Wildman–Crippen MR) is 62.8 cm³/mol. The minimum absolute atomic E-state index is 0.0282. The molecule has 0 aliphatic carbocycles. The maximum absolute atomic E-state index is 12.6. The summed E-state index contributed by atoms with van der Waals surface area (Å²) in [5, 5.41) is 6.19. The number of aryl methyl sites for hydroxylation is 1. The van der Waals surface area contributed by atoms with Gasteiger partial charge in [-0.2, -0.15) is 13.2 Å². The van der Waals surface area contributed by atoms with E-state index in [1.54, 1.807) is 13.0 Å². The number of nitrogens with one attached hydrogen (secondary N) is 1. The van der Waals surface area contributed by atoms with Crippen LogP contribution in [0.1, 0.15) is 17.0 Å². The van der Waals surface area contributed by atoms with Crippen molar-refractivity contribution in [2.75, 3.05) is 5.32 Å². The Labute approximate surface area is 111 Å². The van der Waals surface area contributed by atoms with Crippen LogP contribution >= 0.6 is 11.6 Å². The fraction of sp³-hybridized carbons (Fsp3) is 0.273. The Morgan fingerprint density at radius 2 is 2.05 bits per heavy atom. The molecule has 0 aromatic carbocycles. The summed E-state index contributed by atoms with van der Waals surface area (Å²) in [4.78, 5) is 3.77. The van der Waals surface area contributed by atoms with Crippen LogP contribution in [0.5, 0.6) is 0 Å². The Balaban J connectivity index is 2.14. The van der Waals surface area contributed by atoms with E-state index in [4.69, 9.17) is 16.1 Å². The third-order valence-electron chi connectivity index (χ3n) is 2.25. The van der Waals surface area contributed by atoms with Gasteiger partial charge >= 0.3 is 6.18 Å². The summed E-state index contributed by atoms with van der Waals surface area (Å²) in [6.45, 7) is 1.91. The summed E-state index contributed by atoms with van der Waals surface area (Å²) < 4.78 is 42.6. The van der Waals surface area contributed by atoms with Gasteiger partial charge in [-0.1, -0.05) is 16.8 Å². The Morgan fingerprint density at radius 1 is 1.32 bits per heavy atom. The minimum atomic E-state index is -4.46. The third-order valence-corrected chi connectivity index (χ3v) is 2.44. The second-order valence-electron chi connectivity index (χ2n) is 3.84. The molecule has 1 N–H and O–H groups in total. The maximum Gasteiger partial charge on any atom is 0.416 e. The molecule has 0 radical (unpaired) electrons. The van der Waals surface area contributed by atoms with Gasteiger partial charge in [-0.15, -0.1) is 0 Å². The number of alkyl halides is 3. The van der Waals surface area contributed by atoms with Crippen molar-refractivity contribution in [1.29, 1.82) is 0 Å². The molecule has 0 aliphatic heterocycles. The van der Waals surface area contributed by atoms with E-state index in [-0.39, 0.29) is 17.5 Å². The van der Waals surface area contributed by atoms with Crippen LogP contribution in [0.2, 0.25) is 5.15 Å². The lowest BCUT2D eigenvalue weighted by Crippen LogP contribution is -2.08. The second kappa shape index (κ2) is 5.08. The van der Waals surface area contributed by atoms with Crippen LogP contribution in [-0.2, 0) is 12.7 Å². The van der Waals surface area contributed by atoms with Crippen LogP contribution in [0.15, 0.2) is 22.7 Å². The lowest BCUT2D eigenvalue weighted by molar-refractivity contribution is -0.137. The molecule has 0 bridgehead atoms. The number of pyridine rings is 1. The predicted octanol–water partition coefficient (Wildman–Crippen LogP) is 3.66. The Morgan fingerprint density at radius 3 is 2.63 bits per heavy atom. The molecule has 0 aliphatic rings. The number of rotatable bonds is 3. The first-order valence-electron chi connectivity index (χ1n) is 5.25. The van der Waals surface area contributed by atoms with Gasteiger partial charge in [-0.25, -0.2) is 4.98 Å². The van der Waals surface area contributed by atoms with Gasteiger partial charge in [0.25, 0.3) is 0 Å². The summed E-state index contributed by atoms with van der Waals surface area (Å²) >= 11 is 5.56. The number of aromatic nitrogens is 2. The molecule has 2 rings (SSSR count). The zero-order valence-electron chi connectivity index (χ0n) is 9.75. The van der Waals surface area contributed by atoms with E-state index in [0.29, 0.717) is 11.5 Å². The van der Waals surface area contributed by atoms with Gasteiger partial charge in [-0.05, 0) is 19.1 Å². The Hall–Kier alpha value is -1.76. The molecule has 0 saturated heterocycles. The van der Waals surface area contributed by atoms with E-state index in [1.165, 1.54) is 0 Å². The van der Waals surface area contributed by atoms with Crippen LogP contribution in [0.4, 0.5) is 19.0 Å². The Bertz CT molecular complexity index is 583. The molecule has 0 fully saturated rings. The average Bonchev–Trinajstić information content (AvgIpc) is 2.71. The quantitative estimate of drug-likeness (QED) is 0.877. The topological polar surface area (TPSA) is 51.0 Å². The van der Waals surface area contributed by atoms with Crippen LogP contribution in [0.25, 0.3) is 0 Å². The number of halogens is 4. The smallest absolute Gasteiger partial charge is 0.364 e. The third kappa shape index (κ3) is 3.60. The van der Waals surface area contributed by atoms with Gasteiger partial charge in [0.2, 0.25) is 0 Å². The molecule has 102 valence electrons. The Kier molecular flexibility index (Phi) is 3.66. The van der Waals surface area contributed by atoms with E-state index in [1.807, 2.05) is 0 Å². The zero-order chi connectivity index (χ0) is 14.0. The molecule has 2 aromatic rings. The monoisotopic (exact) mass is 291 g/mol. The van der Waals surface area contributed by atoms with Crippen LogP contribution in [0, 0.1) is 6.92 Å². The van der Waals surface area contributed by atoms with Gasteiger partial charge in [0, 0.05) is 6.07 Å². The van der Waals surface area contributed by atoms with E-state index in [0.717, 1.165) is 12.1 Å². The number of anilines is 1. The lowest BCUT2D eigenvalue weighted by atomic mass is 10.2. The van der Waals surface area contributed by atoms with Crippen molar-refractivity contribution in [2.24, 2.45) is 0 Å². The van der Waals surface area contributed by atoms with E-state index in [2.05, 4.69) is 15.5 Å². The fourth-order valence-corrected chi connectivity index (χ4v) is 1.64. The van der Waals surface area contributed by atoms with E-state index in [9.17, 15) is 13.2 Å². The maximum atomic E-state index is 12.6. The number of hydrogen-bond acceptors (Lipinski definition) is 4. The highest BCUT2D eigenvalue weighted by molar-refractivity contribution is 6.29. The van der Waals surface area contributed by atoms with Crippen molar-refractivity contribution in [3.05, 3.63) is 40.4 Å². The minimum Gasteiger partial charge on any atom is -0.364 e. The number of hydrogen-bond donors (Lipinski definition) is 1. The van der Waals surface area contributed by atoms with Gasteiger partial charge in [0.1, 0.15) is 22.4 Å². The molecule has 0 saturated carbocycles. The molecule has 8 heteroatoms. The normalized spacial score (nSPS) is 11.6. The van der Waals surface area contributed by atoms with E-state index >= 15 is 0 Å². The first-order valence-corrected chi connectivity index (χ1v) is 5.63. The van der Waals surface area contributed by atoms with Gasteiger partial charge in [0.15, 0.2) is 0 Å². The largest absolute Gasteiger partial charge is 0.416 e. The first-order chi connectivity index (χ1) is 8.84. The summed E-state index contributed by atoms with van der Waals surface area (Å²) in [5.74, 6) is 0.646. The molecule has 0 spiro atoms. The van der Waals surface area contributed by atoms with Crippen molar-refractivity contribution in [1.82, 2.24) is 10.1 Å². The fourth-order valence-electron chi connectivity index (χ4n) is 1.43. The SMILES string of the molecule is Cc1cc(CNc2cc(C(F)(F)F)cc(Cl)n2)no1. The summed E-state index contributed by atoms with van der Waals surface area (Å²) in [6, 6.07) is 3.33. The van der Waals surface area contributed by atoms with E-state index < -0.39 is 11.7 Å². The molecule has 4 nitrogen and oxygen atoms in total. The molecule has 2 aromatic heterocycles. The average molecular weight is 292 g/mol. The van der Waals surface area contributed by atoms with Gasteiger partial charge in [-0.3, -0.25) is 0 Å². The zero-order valence-corrected chi connectivity index (χ0v) is 10.5. The lowest BCUT2D eigenvalue weighted by Gasteiger charge is -2.09. The summed E-state index contributed by atoms with van der Waals surface area (Å²) in [6.07, 6.45) is -4.46. The van der Waals surface area contributed by atoms with Gasteiger partial charge < -0.3 is 9.84 Å². The van der Waals surface area contributed by atoms with Crippen molar-refractivity contribution in [2.45, 2.75) is 19.6 Å². The molecule has 0 atom stereocenters. The molecule has 2 heterocycles. The van der Waals surface area contributed by atoms with Gasteiger partial charge in [0.05, 0.1) is 12.1 Å². The van der Waals surface area contributed by atoms with Crippen molar-refractivity contribution >= 4 is 17.4 Å². The summed E-state index contributed by atoms with van der Waals surface area (Å²) in [5.41, 5.74) is -0.292. The molecule has 0 unspecified atom stereocenters. The second-order valence-corrected chi connectivity index (χ2v) is 4.23. The van der Waals surface area contributed by atoms with Crippen LogP contribution in [0.3, 0.4) is 0 Å². The van der Waals surface area contributed by atoms with Crippen LogP contribution in [-0.4, -0.2) is 10.1 Å². The molecule has 19 heavy (non-hydrogen) atoms. The highest BCUT2D eigenvalue weighted by Crippen LogP contribution is 2.31. The van der Waals surface area contributed by atoms with Crippen LogP contribution < -0.4 is 5.32 Å².